The summed E-state index contributed by atoms with van der Waals surface area (Å²) in [7, 11) is 0. The van der Waals surface area contributed by atoms with Crippen LogP contribution in [0, 0.1) is 12.8 Å². The smallest absolute Gasteiger partial charge is 0.248 e. The van der Waals surface area contributed by atoms with Gasteiger partial charge in [-0.25, -0.2) is 0 Å². The average Bonchev–Trinajstić information content (AvgIpc) is 3.03. The van der Waals surface area contributed by atoms with Gasteiger partial charge in [0.05, 0.1) is 6.04 Å². The highest BCUT2D eigenvalue weighted by Crippen LogP contribution is 2.49. The molecule has 23 heavy (non-hydrogen) atoms. The van der Waals surface area contributed by atoms with Crippen molar-refractivity contribution in [2.24, 2.45) is 11.7 Å². The van der Waals surface area contributed by atoms with Crippen molar-refractivity contribution in [1.82, 2.24) is 0 Å². The van der Waals surface area contributed by atoms with E-state index in [0.717, 1.165) is 12.1 Å². The molecule has 1 heterocycles. The van der Waals surface area contributed by atoms with Gasteiger partial charge in [-0.15, -0.1) is 0 Å². The van der Waals surface area contributed by atoms with E-state index in [9.17, 15) is 4.79 Å². The monoisotopic (exact) mass is 304 g/mol. The zero-order valence-electron chi connectivity index (χ0n) is 13.1. The fraction of sp³-hybridized carbons (Fsp3) is 0.250. The second-order valence-corrected chi connectivity index (χ2v) is 6.56. The molecule has 3 nitrogen and oxygen atoms in total. The highest BCUT2D eigenvalue weighted by Gasteiger charge is 2.38. The lowest BCUT2D eigenvalue weighted by Gasteiger charge is -2.37. The quantitative estimate of drug-likeness (QED) is 0.826. The van der Waals surface area contributed by atoms with Gasteiger partial charge in [-0.1, -0.05) is 42.0 Å². The van der Waals surface area contributed by atoms with Crippen molar-refractivity contribution in [3.63, 3.8) is 0 Å². The van der Waals surface area contributed by atoms with E-state index in [2.05, 4.69) is 48.7 Å². The molecule has 0 aromatic heterocycles. The number of amides is 1. The molecule has 1 aliphatic carbocycles. The van der Waals surface area contributed by atoms with Crippen LogP contribution >= 0.6 is 0 Å². The summed E-state index contributed by atoms with van der Waals surface area (Å²) >= 11 is 0. The Morgan fingerprint density at radius 1 is 1.22 bits per heavy atom. The van der Waals surface area contributed by atoms with E-state index in [0.29, 0.717) is 23.4 Å². The van der Waals surface area contributed by atoms with E-state index in [1.165, 1.54) is 16.7 Å². The van der Waals surface area contributed by atoms with E-state index in [4.69, 9.17) is 5.73 Å². The summed E-state index contributed by atoms with van der Waals surface area (Å²) in [6.45, 7) is 2.13. The Morgan fingerprint density at radius 2 is 2.09 bits per heavy atom. The SMILES string of the molecule is Cc1cccc(C2Nc3ccc(C(N)=O)cc3C3C=CCC32)c1. The maximum Gasteiger partial charge on any atom is 0.248 e. The van der Waals surface area contributed by atoms with Gasteiger partial charge in [0.25, 0.3) is 0 Å². The van der Waals surface area contributed by atoms with Crippen molar-refractivity contribution >= 4 is 11.6 Å². The topological polar surface area (TPSA) is 55.1 Å². The fourth-order valence-electron chi connectivity index (χ4n) is 3.94. The summed E-state index contributed by atoms with van der Waals surface area (Å²) in [6, 6.07) is 14.7. The van der Waals surface area contributed by atoms with Crippen LogP contribution in [-0.2, 0) is 0 Å². The molecule has 4 rings (SSSR count). The summed E-state index contributed by atoms with van der Waals surface area (Å²) in [4.78, 5) is 11.5. The molecule has 3 N–H and O–H groups in total. The highest BCUT2D eigenvalue weighted by molar-refractivity contribution is 5.93. The van der Waals surface area contributed by atoms with Crippen LogP contribution in [0.2, 0.25) is 0 Å². The number of nitrogens with one attached hydrogen (secondary N) is 1. The Morgan fingerprint density at radius 3 is 2.87 bits per heavy atom. The molecule has 2 aliphatic rings. The van der Waals surface area contributed by atoms with Gasteiger partial charge < -0.3 is 11.1 Å². The van der Waals surface area contributed by atoms with Crippen molar-refractivity contribution in [3.05, 3.63) is 76.9 Å². The van der Waals surface area contributed by atoms with Crippen molar-refractivity contribution in [2.45, 2.75) is 25.3 Å². The minimum Gasteiger partial charge on any atom is -0.378 e. The first-order chi connectivity index (χ1) is 11.1. The van der Waals surface area contributed by atoms with Crippen molar-refractivity contribution in [2.75, 3.05) is 5.32 Å². The van der Waals surface area contributed by atoms with Gasteiger partial charge in [-0.3, -0.25) is 4.79 Å². The van der Waals surface area contributed by atoms with Crippen LogP contribution in [0.3, 0.4) is 0 Å². The number of rotatable bonds is 2. The first-order valence-corrected chi connectivity index (χ1v) is 8.07. The minimum absolute atomic E-state index is 0.293. The molecule has 2 aromatic carbocycles. The Hall–Kier alpha value is -2.55. The number of benzene rings is 2. The molecule has 3 atom stereocenters. The molecular formula is C20H20N2O. The number of primary amides is 1. The van der Waals surface area contributed by atoms with Crippen molar-refractivity contribution < 1.29 is 4.79 Å². The molecule has 3 unspecified atom stereocenters. The number of carbonyl (C=O) groups is 1. The zero-order valence-corrected chi connectivity index (χ0v) is 13.1. The maximum absolute atomic E-state index is 11.5. The van der Waals surface area contributed by atoms with Crippen LogP contribution in [0.1, 0.15) is 45.4 Å². The molecule has 1 amide bonds. The molecule has 0 radical (unpaired) electrons. The molecule has 3 heteroatoms. The van der Waals surface area contributed by atoms with E-state index in [1.54, 1.807) is 6.07 Å². The third-order valence-corrected chi connectivity index (χ3v) is 5.05. The van der Waals surface area contributed by atoms with Crippen LogP contribution in [0.25, 0.3) is 0 Å². The van der Waals surface area contributed by atoms with E-state index >= 15 is 0 Å². The molecular weight excluding hydrogens is 284 g/mol. The lowest BCUT2D eigenvalue weighted by Crippen LogP contribution is -2.29. The molecule has 2 aromatic rings. The van der Waals surface area contributed by atoms with Gasteiger partial charge in [0.1, 0.15) is 0 Å². The molecule has 0 spiro atoms. The number of allylic oxidation sites excluding steroid dienone is 2. The number of nitrogens with two attached hydrogens (primary N) is 1. The van der Waals surface area contributed by atoms with Crippen LogP contribution in [0.4, 0.5) is 5.69 Å². The maximum atomic E-state index is 11.5. The van der Waals surface area contributed by atoms with Crippen LogP contribution in [-0.4, -0.2) is 5.91 Å². The molecule has 1 aliphatic heterocycles. The fourth-order valence-corrected chi connectivity index (χ4v) is 3.94. The Balaban J connectivity index is 1.79. The third kappa shape index (κ3) is 2.33. The van der Waals surface area contributed by atoms with E-state index < -0.39 is 0 Å². The second kappa shape index (κ2) is 5.27. The molecule has 0 fully saturated rings. The summed E-state index contributed by atoms with van der Waals surface area (Å²) in [5, 5.41) is 3.69. The predicted octanol–water partition coefficient (Wildman–Crippen LogP) is 3.92. The number of anilines is 1. The number of hydrogen-bond donors (Lipinski definition) is 2. The summed E-state index contributed by atoms with van der Waals surface area (Å²) in [6.07, 6.45) is 5.58. The number of fused-ring (bicyclic) bond motifs is 3. The number of hydrogen-bond acceptors (Lipinski definition) is 2. The predicted molar refractivity (Wildman–Crippen MR) is 92.5 cm³/mol. The normalized spacial score (nSPS) is 24.7. The van der Waals surface area contributed by atoms with Crippen LogP contribution in [0.15, 0.2) is 54.6 Å². The summed E-state index contributed by atoms with van der Waals surface area (Å²) in [5.41, 5.74) is 10.9. The van der Waals surface area contributed by atoms with Gasteiger partial charge in [0, 0.05) is 17.2 Å². The molecule has 0 saturated carbocycles. The number of carbonyl (C=O) groups excluding carboxylic acids is 1. The number of aryl methyl sites for hydroxylation is 1. The zero-order chi connectivity index (χ0) is 16.0. The van der Waals surface area contributed by atoms with Gasteiger partial charge in [-0.05, 0) is 48.6 Å². The largest absolute Gasteiger partial charge is 0.378 e. The van der Waals surface area contributed by atoms with E-state index in [1.807, 2.05) is 12.1 Å². The highest BCUT2D eigenvalue weighted by atomic mass is 16.1. The minimum atomic E-state index is -0.368. The Labute approximate surface area is 136 Å². The van der Waals surface area contributed by atoms with Crippen LogP contribution < -0.4 is 11.1 Å². The van der Waals surface area contributed by atoms with Gasteiger partial charge in [0.2, 0.25) is 5.91 Å². The standard InChI is InChI=1S/C20H20N2O/c1-12-4-2-5-13(10-12)19-16-7-3-6-15(16)17-11-14(20(21)23)8-9-18(17)22-19/h2-6,8-11,15-16,19,22H,7H2,1H3,(H2,21,23). The third-order valence-electron chi connectivity index (χ3n) is 5.05. The average molecular weight is 304 g/mol. The van der Waals surface area contributed by atoms with Gasteiger partial charge in [-0.2, -0.15) is 0 Å². The first kappa shape index (κ1) is 14.1. The van der Waals surface area contributed by atoms with Gasteiger partial charge in [0.15, 0.2) is 0 Å². The van der Waals surface area contributed by atoms with Crippen molar-refractivity contribution in [1.29, 1.82) is 0 Å². The molecule has 116 valence electrons. The Kier molecular flexibility index (Phi) is 3.22. The van der Waals surface area contributed by atoms with Gasteiger partial charge >= 0.3 is 0 Å². The first-order valence-electron chi connectivity index (χ1n) is 8.07. The second-order valence-electron chi connectivity index (χ2n) is 6.56. The van der Waals surface area contributed by atoms with Crippen LogP contribution in [0.5, 0.6) is 0 Å². The molecule has 0 bridgehead atoms. The van der Waals surface area contributed by atoms with Crippen molar-refractivity contribution in [3.8, 4) is 0 Å². The Bertz CT molecular complexity index is 809. The molecule has 0 saturated heterocycles. The lowest BCUT2D eigenvalue weighted by molar-refractivity contribution is 0.1000. The summed E-state index contributed by atoms with van der Waals surface area (Å²) in [5.74, 6) is 0.454. The van der Waals surface area contributed by atoms with E-state index in [-0.39, 0.29) is 5.91 Å². The summed E-state index contributed by atoms with van der Waals surface area (Å²) < 4.78 is 0. The lowest BCUT2D eigenvalue weighted by atomic mass is 9.76.